The molecule has 35 heavy (non-hydrogen) atoms. The molecule has 1 aliphatic rings. The molecule has 0 bridgehead atoms. The van der Waals surface area contributed by atoms with Crippen LogP contribution < -0.4 is 21.0 Å². The van der Waals surface area contributed by atoms with Gasteiger partial charge in [-0.05, 0) is 44.2 Å². The maximum atomic E-state index is 13.4. The second-order valence-corrected chi connectivity index (χ2v) is 8.44. The van der Waals surface area contributed by atoms with E-state index in [1.54, 1.807) is 0 Å². The molecule has 2 N–H and O–H groups in total. The SMILES string of the molecule is CCCc1c(OCCCCCNC(=O)CNC2C=CC=CC2)ccc2c(C(F)(F)F)cc(=O)oc12. The monoisotopic (exact) mass is 492 g/mol. The summed E-state index contributed by atoms with van der Waals surface area (Å²) in [6, 6.07) is 3.47. The average Bonchev–Trinajstić information content (AvgIpc) is 2.83. The van der Waals surface area contributed by atoms with E-state index in [2.05, 4.69) is 16.7 Å². The number of hydrogen-bond donors (Lipinski definition) is 2. The molecule has 0 saturated carbocycles. The summed E-state index contributed by atoms with van der Waals surface area (Å²) in [5.74, 6) is 0.372. The number of aryl methyl sites for hydroxylation is 1. The molecule has 1 aromatic carbocycles. The molecule has 3 rings (SSSR count). The van der Waals surface area contributed by atoms with Gasteiger partial charge >= 0.3 is 11.8 Å². The Morgan fingerprint density at radius 1 is 1.20 bits per heavy atom. The first-order valence-electron chi connectivity index (χ1n) is 11.9. The van der Waals surface area contributed by atoms with E-state index in [4.69, 9.17) is 9.15 Å². The Bertz CT molecular complexity index is 1120. The highest BCUT2D eigenvalue weighted by atomic mass is 19.4. The highest BCUT2D eigenvalue weighted by Crippen LogP contribution is 2.37. The van der Waals surface area contributed by atoms with Gasteiger partial charge in [-0.15, -0.1) is 0 Å². The van der Waals surface area contributed by atoms with Crippen molar-refractivity contribution in [3.63, 3.8) is 0 Å². The third-order valence-electron chi connectivity index (χ3n) is 5.68. The number of nitrogens with one attached hydrogen (secondary N) is 2. The van der Waals surface area contributed by atoms with E-state index in [9.17, 15) is 22.8 Å². The van der Waals surface area contributed by atoms with Crippen LogP contribution in [-0.4, -0.2) is 31.6 Å². The van der Waals surface area contributed by atoms with Gasteiger partial charge in [-0.2, -0.15) is 13.2 Å². The van der Waals surface area contributed by atoms with E-state index in [-0.39, 0.29) is 29.5 Å². The maximum absolute atomic E-state index is 13.4. The van der Waals surface area contributed by atoms with Gasteiger partial charge in [-0.1, -0.05) is 37.6 Å². The highest BCUT2D eigenvalue weighted by Gasteiger charge is 2.34. The number of unbranched alkanes of at least 4 members (excludes halogenated alkanes) is 2. The van der Waals surface area contributed by atoms with Gasteiger partial charge in [0, 0.05) is 29.6 Å². The molecule has 6 nitrogen and oxygen atoms in total. The number of allylic oxidation sites excluding steroid dienone is 2. The van der Waals surface area contributed by atoms with Crippen LogP contribution in [0, 0.1) is 0 Å². The zero-order valence-electron chi connectivity index (χ0n) is 19.7. The van der Waals surface area contributed by atoms with Crippen molar-refractivity contribution in [2.45, 2.75) is 57.7 Å². The standard InChI is InChI=1S/C26H31F3N2O4/c1-2-9-20-22(13-12-19-21(26(27,28)29)16-24(33)35-25(19)20)34-15-8-4-7-14-30-23(32)17-31-18-10-5-3-6-11-18/h3,5-6,10,12-13,16,18,31H,2,4,7-9,11,14-15,17H2,1H3,(H,30,32). The summed E-state index contributed by atoms with van der Waals surface area (Å²) >= 11 is 0. The summed E-state index contributed by atoms with van der Waals surface area (Å²) in [6.45, 7) is 3.08. The number of amides is 1. The first-order valence-corrected chi connectivity index (χ1v) is 11.9. The minimum Gasteiger partial charge on any atom is -0.493 e. The van der Waals surface area contributed by atoms with Gasteiger partial charge in [0.05, 0.1) is 18.7 Å². The molecular weight excluding hydrogens is 461 g/mol. The second-order valence-electron chi connectivity index (χ2n) is 8.44. The Morgan fingerprint density at radius 3 is 2.74 bits per heavy atom. The number of hydrogen-bond acceptors (Lipinski definition) is 5. The lowest BCUT2D eigenvalue weighted by Gasteiger charge is -2.15. The number of carbonyl (C=O) groups is 1. The molecule has 0 saturated heterocycles. The van der Waals surface area contributed by atoms with E-state index in [1.807, 2.05) is 25.2 Å². The lowest BCUT2D eigenvalue weighted by atomic mass is 10.0. The summed E-state index contributed by atoms with van der Waals surface area (Å²) in [6.07, 6.45) is 7.61. The molecular formula is C26H31F3N2O4. The Kier molecular flexibility index (Phi) is 9.54. The largest absolute Gasteiger partial charge is 0.493 e. The third kappa shape index (κ3) is 7.71. The molecule has 1 aliphatic carbocycles. The molecule has 9 heteroatoms. The summed E-state index contributed by atoms with van der Waals surface area (Å²) in [5.41, 5.74) is -1.64. The molecule has 1 amide bonds. The van der Waals surface area contributed by atoms with Crippen molar-refractivity contribution in [2.24, 2.45) is 0 Å². The second kappa shape index (κ2) is 12.6. The number of carbonyl (C=O) groups excluding carboxylic acids is 1. The number of halogens is 3. The smallest absolute Gasteiger partial charge is 0.417 e. The van der Waals surface area contributed by atoms with Crippen LogP contribution in [0.5, 0.6) is 5.75 Å². The van der Waals surface area contributed by atoms with Crippen LogP contribution >= 0.6 is 0 Å². The summed E-state index contributed by atoms with van der Waals surface area (Å²) in [7, 11) is 0. The Morgan fingerprint density at radius 2 is 2.03 bits per heavy atom. The van der Waals surface area contributed by atoms with Crippen LogP contribution in [0.3, 0.4) is 0 Å². The fraction of sp³-hybridized carbons (Fsp3) is 0.462. The van der Waals surface area contributed by atoms with Gasteiger partial charge in [0.15, 0.2) is 0 Å². The Labute approximate surface area is 202 Å². The van der Waals surface area contributed by atoms with Crippen LogP contribution in [0.15, 0.2) is 51.7 Å². The minimum absolute atomic E-state index is 0.0516. The number of alkyl halides is 3. The zero-order valence-corrected chi connectivity index (χ0v) is 19.7. The number of fused-ring (bicyclic) bond motifs is 1. The van der Waals surface area contributed by atoms with Crippen molar-refractivity contribution in [3.8, 4) is 5.75 Å². The van der Waals surface area contributed by atoms with Gasteiger partial charge < -0.3 is 19.8 Å². The molecule has 1 aromatic heterocycles. The lowest BCUT2D eigenvalue weighted by Crippen LogP contribution is -2.38. The molecule has 1 unspecified atom stereocenters. The predicted molar refractivity (Wildman–Crippen MR) is 129 cm³/mol. The van der Waals surface area contributed by atoms with Crippen LogP contribution in [0.25, 0.3) is 11.0 Å². The fourth-order valence-electron chi connectivity index (χ4n) is 3.95. The molecule has 0 spiro atoms. The Hall–Kier alpha value is -3.07. The van der Waals surface area contributed by atoms with Crippen molar-refractivity contribution in [1.29, 1.82) is 0 Å². The fourth-order valence-corrected chi connectivity index (χ4v) is 3.95. The molecule has 2 aromatic rings. The van der Waals surface area contributed by atoms with Crippen molar-refractivity contribution < 1.29 is 27.1 Å². The molecule has 190 valence electrons. The van der Waals surface area contributed by atoms with Gasteiger partial charge in [0.2, 0.25) is 5.91 Å². The Balaban J connectivity index is 1.47. The van der Waals surface area contributed by atoms with Gasteiger partial charge in [-0.25, -0.2) is 4.79 Å². The van der Waals surface area contributed by atoms with E-state index < -0.39 is 17.4 Å². The van der Waals surface area contributed by atoms with E-state index in [0.717, 1.165) is 19.3 Å². The highest BCUT2D eigenvalue weighted by molar-refractivity contribution is 5.85. The van der Waals surface area contributed by atoms with Crippen molar-refractivity contribution in [3.05, 3.63) is 64.1 Å². The van der Waals surface area contributed by atoms with Crippen LogP contribution in [0.4, 0.5) is 13.2 Å². The topological polar surface area (TPSA) is 80.6 Å². The lowest BCUT2D eigenvalue weighted by molar-refractivity contribution is -0.136. The zero-order chi connectivity index (χ0) is 25.3. The first kappa shape index (κ1) is 26.5. The molecule has 0 radical (unpaired) electrons. The van der Waals surface area contributed by atoms with E-state index in [0.29, 0.717) is 49.8 Å². The molecule has 1 heterocycles. The molecule has 0 fully saturated rings. The predicted octanol–water partition coefficient (Wildman–Crippen LogP) is 4.90. The summed E-state index contributed by atoms with van der Waals surface area (Å²) in [4.78, 5) is 23.7. The van der Waals surface area contributed by atoms with Crippen LogP contribution in [-0.2, 0) is 17.4 Å². The molecule has 1 atom stereocenters. The minimum atomic E-state index is -4.66. The number of benzene rings is 1. The summed E-state index contributed by atoms with van der Waals surface area (Å²) in [5, 5.41) is 5.92. The van der Waals surface area contributed by atoms with Crippen LogP contribution in [0.1, 0.15) is 50.2 Å². The van der Waals surface area contributed by atoms with Gasteiger partial charge in [-0.3, -0.25) is 4.79 Å². The van der Waals surface area contributed by atoms with Gasteiger partial charge in [0.25, 0.3) is 0 Å². The third-order valence-corrected chi connectivity index (χ3v) is 5.68. The van der Waals surface area contributed by atoms with Crippen molar-refractivity contribution in [2.75, 3.05) is 19.7 Å². The van der Waals surface area contributed by atoms with E-state index in [1.165, 1.54) is 12.1 Å². The number of rotatable bonds is 12. The van der Waals surface area contributed by atoms with Gasteiger partial charge in [0.1, 0.15) is 11.3 Å². The van der Waals surface area contributed by atoms with Crippen LogP contribution in [0.2, 0.25) is 0 Å². The molecule has 0 aliphatic heterocycles. The van der Waals surface area contributed by atoms with Crippen molar-refractivity contribution in [1.82, 2.24) is 10.6 Å². The summed E-state index contributed by atoms with van der Waals surface area (Å²) < 4.78 is 51.2. The first-order chi connectivity index (χ1) is 16.8. The van der Waals surface area contributed by atoms with E-state index >= 15 is 0 Å². The average molecular weight is 493 g/mol. The maximum Gasteiger partial charge on any atom is 0.417 e. The normalized spacial score (nSPS) is 15.5. The van der Waals surface area contributed by atoms with Crippen molar-refractivity contribution >= 4 is 16.9 Å². The number of ether oxygens (including phenoxy) is 1. The quantitative estimate of drug-likeness (QED) is 0.325.